The first kappa shape index (κ1) is 16.9. The molecule has 1 fully saturated rings. The number of carbonyl (C=O) groups excluding carboxylic acids is 1. The largest absolute Gasteiger partial charge is 0.370 e. The molecular formula is C15H18ClN3O2S. The van der Waals surface area contributed by atoms with Crippen LogP contribution in [0.2, 0.25) is 0 Å². The highest BCUT2D eigenvalue weighted by Crippen LogP contribution is 2.23. The van der Waals surface area contributed by atoms with Crippen molar-refractivity contribution in [2.45, 2.75) is 12.6 Å². The summed E-state index contributed by atoms with van der Waals surface area (Å²) in [6.07, 6.45) is -0.0727. The highest BCUT2D eigenvalue weighted by atomic mass is 35.5. The van der Waals surface area contributed by atoms with E-state index in [1.807, 2.05) is 30.3 Å². The summed E-state index contributed by atoms with van der Waals surface area (Å²) in [4.78, 5) is 18.5. The fourth-order valence-electron chi connectivity index (χ4n) is 2.37. The molecule has 1 atom stereocenters. The smallest absolute Gasteiger partial charge is 0.273 e. The van der Waals surface area contributed by atoms with Gasteiger partial charge in [-0.3, -0.25) is 4.79 Å². The predicted octanol–water partition coefficient (Wildman–Crippen LogP) is 2.24. The summed E-state index contributed by atoms with van der Waals surface area (Å²) in [6.45, 7) is 2.06. The number of ether oxygens (including phenoxy) is 1. The number of carbonyl (C=O) groups is 1. The molecule has 1 unspecified atom stereocenters. The molecule has 1 aliphatic heterocycles. The van der Waals surface area contributed by atoms with E-state index in [4.69, 9.17) is 10.5 Å². The maximum absolute atomic E-state index is 12.5. The maximum atomic E-state index is 12.5. The Balaban J connectivity index is 0.00000176. The number of morpholine rings is 1. The van der Waals surface area contributed by atoms with E-state index < -0.39 is 0 Å². The first-order chi connectivity index (χ1) is 10.3. The summed E-state index contributed by atoms with van der Waals surface area (Å²) < 4.78 is 5.77. The van der Waals surface area contributed by atoms with Gasteiger partial charge >= 0.3 is 0 Å². The first-order valence-corrected chi connectivity index (χ1v) is 7.76. The molecule has 1 aliphatic rings. The van der Waals surface area contributed by atoms with E-state index in [0.717, 1.165) is 10.6 Å². The zero-order valence-electron chi connectivity index (χ0n) is 12.0. The molecule has 2 N–H and O–H groups in total. The van der Waals surface area contributed by atoms with Crippen molar-refractivity contribution in [1.29, 1.82) is 0 Å². The van der Waals surface area contributed by atoms with Crippen molar-refractivity contribution in [1.82, 2.24) is 9.88 Å². The number of thiazole rings is 1. The number of benzene rings is 1. The number of rotatable bonds is 3. The second-order valence-corrected chi connectivity index (χ2v) is 5.79. The van der Waals surface area contributed by atoms with Crippen molar-refractivity contribution in [2.75, 3.05) is 19.7 Å². The maximum Gasteiger partial charge on any atom is 0.273 e. The Bertz CT molecular complexity index is 620. The van der Waals surface area contributed by atoms with Gasteiger partial charge in [0.05, 0.1) is 13.2 Å². The van der Waals surface area contributed by atoms with Crippen LogP contribution in [0.5, 0.6) is 0 Å². The third kappa shape index (κ3) is 3.64. The van der Waals surface area contributed by atoms with Gasteiger partial charge < -0.3 is 15.4 Å². The second kappa shape index (κ2) is 7.69. The lowest BCUT2D eigenvalue weighted by atomic mass is 10.1. The van der Waals surface area contributed by atoms with Crippen LogP contribution in [0.25, 0.3) is 0 Å². The van der Waals surface area contributed by atoms with Gasteiger partial charge in [0, 0.05) is 18.5 Å². The van der Waals surface area contributed by atoms with Gasteiger partial charge in [0.15, 0.2) is 0 Å². The van der Waals surface area contributed by atoms with E-state index >= 15 is 0 Å². The minimum absolute atomic E-state index is 0. The van der Waals surface area contributed by atoms with E-state index in [9.17, 15) is 4.79 Å². The molecular weight excluding hydrogens is 322 g/mol. The molecule has 1 amide bonds. The fourth-order valence-corrected chi connectivity index (χ4v) is 3.02. The Hall–Kier alpha value is -1.47. The Morgan fingerprint density at radius 3 is 2.86 bits per heavy atom. The van der Waals surface area contributed by atoms with Crippen molar-refractivity contribution < 1.29 is 9.53 Å². The van der Waals surface area contributed by atoms with Crippen LogP contribution in [0.15, 0.2) is 35.7 Å². The average Bonchev–Trinajstić information content (AvgIpc) is 3.04. The highest BCUT2D eigenvalue weighted by molar-refractivity contribution is 7.09. The van der Waals surface area contributed by atoms with Crippen molar-refractivity contribution in [3.63, 3.8) is 0 Å². The molecule has 0 saturated carbocycles. The van der Waals surface area contributed by atoms with Crippen LogP contribution in [0.4, 0.5) is 0 Å². The summed E-state index contributed by atoms with van der Waals surface area (Å²) in [5.74, 6) is -0.0461. The third-order valence-electron chi connectivity index (χ3n) is 3.47. The zero-order valence-corrected chi connectivity index (χ0v) is 13.6. The van der Waals surface area contributed by atoms with Gasteiger partial charge in [-0.1, -0.05) is 30.3 Å². The fraction of sp³-hybridized carbons (Fsp3) is 0.333. The lowest BCUT2D eigenvalue weighted by Gasteiger charge is -2.32. The Kier molecular flexibility index (Phi) is 5.90. The van der Waals surface area contributed by atoms with Crippen LogP contribution in [0.3, 0.4) is 0 Å². The highest BCUT2D eigenvalue weighted by Gasteiger charge is 2.27. The molecule has 22 heavy (non-hydrogen) atoms. The summed E-state index contributed by atoms with van der Waals surface area (Å²) >= 11 is 1.42. The quantitative estimate of drug-likeness (QED) is 0.931. The summed E-state index contributed by atoms with van der Waals surface area (Å²) in [5.41, 5.74) is 7.12. The summed E-state index contributed by atoms with van der Waals surface area (Å²) in [5, 5.41) is 2.56. The minimum atomic E-state index is -0.0727. The van der Waals surface area contributed by atoms with E-state index in [2.05, 4.69) is 4.98 Å². The van der Waals surface area contributed by atoms with Gasteiger partial charge in [-0.25, -0.2) is 4.98 Å². The normalized spacial score (nSPS) is 17.9. The lowest BCUT2D eigenvalue weighted by Crippen LogP contribution is -2.42. The number of amides is 1. The van der Waals surface area contributed by atoms with E-state index in [1.165, 1.54) is 11.3 Å². The van der Waals surface area contributed by atoms with Gasteiger partial charge in [-0.2, -0.15) is 0 Å². The van der Waals surface area contributed by atoms with Gasteiger partial charge in [0.25, 0.3) is 5.91 Å². The van der Waals surface area contributed by atoms with Crippen molar-refractivity contribution in [2.24, 2.45) is 5.73 Å². The Morgan fingerprint density at radius 2 is 2.18 bits per heavy atom. The van der Waals surface area contributed by atoms with E-state index in [1.54, 1.807) is 10.3 Å². The molecule has 1 aromatic carbocycles. The Morgan fingerprint density at radius 1 is 1.41 bits per heavy atom. The predicted molar refractivity (Wildman–Crippen MR) is 88.3 cm³/mol. The number of nitrogens with two attached hydrogens (primary N) is 1. The van der Waals surface area contributed by atoms with Crippen LogP contribution in [-0.4, -0.2) is 35.5 Å². The number of nitrogens with zero attached hydrogens (tertiary/aromatic N) is 2. The number of hydrogen-bond donors (Lipinski definition) is 1. The molecule has 3 rings (SSSR count). The van der Waals surface area contributed by atoms with Crippen molar-refractivity contribution >= 4 is 29.7 Å². The Labute approximate surface area is 139 Å². The molecule has 1 saturated heterocycles. The number of hydrogen-bond acceptors (Lipinski definition) is 5. The SMILES string of the molecule is Cl.NCc1nc(C(=O)N2CCOC(c3ccccc3)C2)cs1. The van der Waals surface area contributed by atoms with Crippen molar-refractivity contribution in [3.05, 3.63) is 52.0 Å². The molecule has 118 valence electrons. The van der Waals surface area contributed by atoms with Crippen LogP contribution in [0, 0.1) is 0 Å². The third-order valence-corrected chi connectivity index (χ3v) is 4.34. The van der Waals surface area contributed by atoms with Crippen LogP contribution in [0.1, 0.15) is 27.2 Å². The zero-order chi connectivity index (χ0) is 14.7. The monoisotopic (exact) mass is 339 g/mol. The molecule has 0 spiro atoms. The molecule has 2 heterocycles. The second-order valence-electron chi connectivity index (χ2n) is 4.85. The van der Waals surface area contributed by atoms with Crippen molar-refractivity contribution in [3.8, 4) is 0 Å². The van der Waals surface area contributed by atoms with Gasteiger partial charge in [0.1, 0.15) is 16.8 Å². The molecule has 1 aromatic heterocycles. The topological polar surface area (TPSA) is 68.5 Å². The summed E-state index contributed by atoms with van der Waals surface area (Å²) in [7, 11) is 0. The van der Waals surface area contributed by atoms with Gasteiger partial charge in [0.2, 0.25) is 0 Å². The van der Waals surface area contributed by atoms with E-state index in [-0.39, 0.29) is 24.4 Å². The molecule has 0 radical (unpaired) electrons. The summed E-state index contributed by atoms with van der Waals surface area (Å²) in [6, 6.07) is 9.97. The molecule has 5 nitrogen and oxygen atoms in total. The molecule has 0 bridgehead atoms. The molecule has 0 aliphatic carbocycles. The first-order valence-electron chi connectivity index (χ1n) is 6.88. The van der Waals surface area contributed by atoms with Gasteiger partial charge in [-0.15, -0.1) is 23.7 Å². The lowest BCUT2D eigenvalue weighted by molar-refractivity contribution is -0.0229. The van der Waals surface area contributed by atoms with Crippen LogP contribution >= 0.6 is 23.7 Å². The van der Waals surface area contributed by atoms with Crippen LogP contribution in [-0.2, 0) is 11.3 Å². The molecule has 7 heteroatoms. The standard InChI is InChI=1S/C15H17N3O2S.ClH/c16-8-14-17-12(10-21-14)15(19)18-6-7-20-13(9-18)11-4-2-1-3-5-11;/h1-5,10,13H,6-9,16H2;1H. The minimum Gasteiger partial charge on any atom is -0.370 e. The number of halogens is 1. The van der Waals surface area contributed by atoms with E-state index in [0.29, 0.717) is 31.9 Å². The van der Waals surface area contributed by atoms with Crippen LogP contribution < -0.4 is 5.73 Å². The van der Waals surface area contributed by atoms with Gasteiger partial charge in [-0.05, 0) is 5.56 Å². The number of aromatic nitrogens is 1. The molecule has 2 aromatic rings. The average molecular weight is 340 g/mol.